The molecule has 0 aliphatic carbocycles. The fraction of sp³-hybridized carbons (Fsp3) is 0.200. The highest BCUT2D eigenvalue weighted by Crippen LogP contribution is 2.34. The molecule has 1 saturated heterocycles. The summed E-state index contributed by atoms with van der Waals surface area (Å²) in [6.45, 7) is 0.974. The summed E-state index contributed by atoms with van der Waals surface area (Å²) in [5.41, 5.74) is 1.47. The number of hydrogen-bond donors (Lipinski definition) is 1. The Hall–Kier alpha value is -4.01. The molecule has 0 radical (unpaired) electrons. The third-order valence-corrected chi connectivity index (χ3v) is 5.48. The molecule has 0 bridgehead atoms. The van der Waals surface area contributed by atoms with E-state index in [0.29, 0.717) is 42.2 Å². The third-order valence-electron chi connectivity index (χ3n) is 5.48. The molecule has 0 aromatic heterocycles. The van der Waals surface area contributed by atoms with Gasteiger partial charge in [0, 0.05) is 30.9 Å². The quantitative estimate of drug-likeness (QED) is 0.540. The van der Waals surface area contributed by atoms with Crippen LogP contribution < -0.4 is 15.0 Å². The summed E-state index contributed by atoms with van der Waals surface area (Å²) in [6.07, 6.45) is 0.637. The molecule has 0 unspecified atom stereocenters. The molecule has 3 amide bonds. The second-order valence-electron chi connectivity index (χ2n) is 7.81. The number of ether oxygens (including phenoxy) is 1. The number of anilines is 2. The smallest absolute Gasteiger partial charge is 0.324 e. The van der Waals surface area contributed by atoms with Gasteiger partial charge in [-0.3, -0.25) is 9.69 Å². The number of carbonyl (C=O) groups is 2. The second kappa shape index (κ2) is 9.86. The van der Waals surface area contributed by atoms with Gasteiger partial charge in [-0.05, 0) is 60.5 Å². The van der Waals surface area contributed by atoms with E-state index in [9.17, 15) is 22.8 Å². The van der Waals surface area contributed by atoms with Crippen molar-refractivity contribution in [1.29, 1.82) is 0 Å². The Morgan fingerprint density at radius 2 is 1.82 bits per heavy atom. The van der Waals surface area contributed by atoms with Gasteiger partial charge in [-0.25, -0.2) is 18.0 Å². The molecule has 3 aromatic rings. The minimum absolute atomic E-state index is 0.116. The number of nitrogens with zero attached hydrogens (tertiary/aromatic N) is 2. The minimum atomic E-state index is -0.970. The van der Waals surface area contributed by atoms with Crippen molar-refractivity contribution in [3.8, 4) is 5.75 Å². The molecule has 176 valence electrons. The summed E-state index contributed by atoms with van der Waals surface area (Å²) in [5.74, 6) is -2.52. The Morgan fingerprint density at radius 3 is 2.56 bits per heavy atom. The number of urea groups is 1. The molecule has 1 fully saturated rings. The molecule has 1 N–H and O–H groups in total. The standard InChI is InChI=1S/C25H22F3N3O3/c1-34-23-9-7-19(29-24(32)17-4-2-5-18(26)13-17)14-22(23)31-11-3-10-30(25(31)33)15-16-6-8-20(27)21(28)12-16/h2,4-9,12-14H,3,10-11,15H2,1H3,(H,29,32). The van der Waals surface area contributed by atoms with Crippen molar-refractivity contribution >= 4 is 23.3 Å². The number of hydrogen-bond acceptors (Lipinski definition) is 3. The van der Waals surface area contributed by atoms with Crippen LogP contribution in [0.5, 0.6) is 5.75 Å². The fourth-order valence-electron chi connectivity index (χ4n) is 3.82. The summed E-state index contributed by atoms with van der Waals surface area (Å²) in [6, 6.07) is 13.4. The lowest BCUT2D eigenvalue weighted by molar-refractivity contribution is 0.102. The third kappa shape index (κ3) is 4.98. The highest BCUT2D eigenvalue weighted by Gasteiger charge is 2.29. The lowest BCUT2D eigenvalue weighted by Gasteiger charge is -2.36. The molecule has 0 atom stereocenters. The highest BCUT2D eigenvalue weighted by atomic mass is 19.2. The van der Waals surface area contributed by atoms with Gasteiger partial charge in [0.2, 0.25) is 0 Å². The maximum absolute atomic E-state index is 13.6. The van der Waals surface area contributed by atoms with E-state index in [1.54, 1.807) is 18.2 Å². The maximum atomic E-state index is 13.6. The van der Waals surface area contributed by atoms with Crippen molar-refractivity contribution in [3.63, 3.8) is 0 Å². The van der Waals surface area contributed by atoms with Crippen molar-refractivity contribution in [2.24, 2.45) is 0 Å². The Balaban J connectivity index is 1.56. The van der Waals surface area contributed by atoms with Crippen LogP contribution in [0.2, 0.25) is 0 Å². The van der Waals surface area contributed by atoms with Crippen LogP contribution in [0.1, 0.15) is 22.3 Å². The van der Waals surface area contributed by atoms with Gasteiger partial charge in [0.15, 0.2) is 11.6 Å². The van der Waals surface area contributed by atoms with Gasteiger partial charge in [-0.1, -0.05) is 12.1 Å². The van der Waals surface area contributed by atoms with Gasteiger partial charge in [0.05, 0.1) is 12.8 Å². The van der Waals surface area contributed by atoms with Crippen LogP contribution in [0, 0.1) is 17.5 Å². The molecule has 1 aliphatic rings. The zero-order valence-electron chi connectivity index (χ0n) is 18.4. The van der Waals surface area contributed by atoms with Gasteiger partial charge >= 0.3 is 6.03 Å². The zero-order chi connectivity index (χ0) is 24.2. The van der Waals surface area contributed by atoms with Gasteiger partial charge in [0.25, 0.3) is 5.91 Å². The van der Waals surface area contributed by atoms with Crippen LogP contribution in [-0.2, 0) is 6.54 Å². The molecule has 3 aromatic carbocycles. The molecule has 34 heavy (non-hydrogen) atoms. The largest absolute Gasteiger partial charge is 0.495 e. The predicted molar refractivity (Wildman–Crippen MR) is 121 cm³/mol. The normalized spacial score (nSPS) is 13.7. The van der Waals surface area contributed by atoms with Crippen molar-refractivity contribution in [1.82, 2.24) is 4.90 Å². The van der Waals surface area contributed by atoms with Gasteiger partial charge in [-0.15, -0.1) is 0 Å². The first kappa shape index (κ1) is 23.2. The summed E-state index contributed by atoms with van der Waals surface area (Å²) in [4.78, 5) is 28.8. The average Bonchev–Trinajstić information content (AvgIpc) is 2.83. The van der Waals surface area contributed by atoms with E-state index in [2.05, 4.69) is 5.32 Å². The Bertz CT molecular complexity index is 1240. The van der Waals surface area contributed by atoms with Crippen LogP contribution >= 0.6 is 0 Å². The van der Waals surface area contributed by atoms with Crippen LogP contribution in [0.4, 0.5) is 29.3 Å². The molecule has 4 rings (SSSR count). The van der Waals surface area contributed by atoms with Crippen molar-refractivity contribution in [2.45, 2.75) is 13.0 Å². The van der Waals surface area contributed by atoms with Gasteiger partial charge in [0.1, 0.15) is 11.6 Å². The number of nitrogens with one attached hydrogen (secondary N) is 1. The van der Waals surface area contributed by atoms with Crippen molar-refractivity contribution in [3.05, 3.63) is 89.2 Å². The molecule has 0 saturated carbocycles. The van der Waals surface area contributed by atoms with Crippen molar-refractivity contribution in [2.75, 3.05) is 30.4 Å². The topological polar surface area (TPSA) is 61.9 Å². The zero-order valence-corrected chi connectivity index (χ0v) is 18.4. The van der Waals surface area contributed by atoms with Crippen molar-refractivity contribution < 1.29 is 27.5 Å². The van der Waals surface area contributed by atoms with Gasteiger partial charge < -0.3 is 15.0 Å². The first-order chi connectivity index (χ1) is 16.4. The molecule has 0 spiro atoms. The monoisotopic (exact) mass is 469 g/mol. The lowest BCUT2D eigenvalue weighted by atomic mass is 10.1. The average molecular weight is 469 g/mol. The predicted octanol–water partition coefficient (Wildman–Crippen LogP) is 5.20. The molecule has 1 aliphatic heterocycles. The summed E-state index contributed by atoms with van der Waals surface area (Å²) in [5, 5.41) is 2.70. The minimum Gasteiger partial charge on any atom is -0.495 e. The van der Waals surface area contributed by atoms with Crippen LogP contribution in [-0.4, -0.2) is 37.0 Å². The van der Waals surface area contributed by atoms with Gasteiger partial charge in [-0.2, -0.15) is 0 Å². The number of halogens is 3. The Labute approximate surface area is 194 Å². The number of methoxy groups -OCH3 is 1. The van der Waals surface area contributed by atoms with E-state index in [0.717, 1.165) is 18.2 Å². The van der Waals surface area contributed by atoms with Crippen LogP contribution in [0.15, 0.2) is 60.7 Å². The fourth-order valence-corrected chi connectivity index (χ4v) is 3.82. The number of amides is 3. The Morgan fingerprint density at radius 1 is 1.00 bits per heavy atom. The first-order valence-corrected chi connectivity index (χ1v) is 10.6. The lowest BCUT2D eigenvalue weighted by Crippen LogP contribution is -2.49. The van der Waals surface area contributed by atoms with Crippen LogP contribution in [0.25, 0.3) is 0 Å². The molecule has 9 heteroatoms. The summed E-state index contributed by atoms with van der Waals surface area (Å²) < 4.78 is 45.7. The van der Waals surface area contributed by atoms with Crippen LogP contribution in [0.3, 0.4) is 0 Å². The van der Waals surface area contributed by atoms with E-state index in [1.165, 1.54) is 41.2 Å². The van der Waals surface area contributed by atoms with E-state index in [-0.39, 0.29) is 18.1 Å². The Kier molecular flexibility index (Phi) is 6.72. The summed E-state index contributed by atoms with van der Waals surface area (Å²) in [7, 11) is 1.47. The summed E-state index contributed by atoms with van der Waals surface area (Å²) >= 11 is 0. The molecule has 1 heterocycles. The molecular weight excluding hydrogens is 447 g/mol. The number of benzene rings is 3. The SMILES string of the molecule is COc1ccc(NC(=O)c2cccc(F)c2)cc1N1CCCN(Cc2ccc(F)c(F)c2)C1=O. The number of rotatable bonds is 6. The van der Waals surface area contributed by atoms with E-state index < -0.39 is 23.4 Å². The first-order valence-electron chi connectivity index (χ1n) is 10.6. The molecular formula is C25H22F3N3O3. The van der Waals surface area contributed by atoms with E-state index in [4.69, 9.17) is 4.74 Å². The van der Waals surface area contributed by atoms with E-state index in [1.807, 2.05) is 0 Å². The molecule has 6 nitrogen and oxygen atoms in total. The second-order valence-corrected chi connectivity index (χ2v) is 7.81. The van der Waals surface area contributed by atoms with E-state index >= 15 is 0 Å². The highest BCUT2D eigenvalue weighted by molar-refractivity contribution is 6.05. The number of carbonyl (C=O) groups excluding carboxylic acids is 2. The maximum Gasteiger partial charge on any atom is 0.324 e.